The number of piperidine rings is 1. The summed E-state index contributed by atoms with van der Waals surface area (Å²) >= 11 is 6.54. The molecule has 1 fully saturated rings. The molecule has 1 heterocycles. The Morgan fingerprint density at radius 2 is 2.05 bits per heavy atom. The molecule has 21 heavy (non-hydrogen) atoms. The number of rotatable bonds is 5. The topological polar surface area (TPSA) is 18.5 Å². The minimum absolute atomic E-state index is 0.343. The molecule has 1 N–H and O–H groups in total. The van der Waals surface area contributed by atoms with Gasteiger partial charge in [0.15, 0.2) is 0 Å². The first-order valence-corrected chi connectivity index (χ1v) is 8.35. The molecule has 0 amide bonds. The molecule has 0 bridgehead atoms. The lowest BCUT2D eigenvalue weighted by molar-refractivity contribution is 0.253. The van der Waals surface area contributed by atoms with Gasteiger partial charge in [0.2, 0.25) is 0 Å². The second kappa shape index (κ2) is 7.48. The van der Waals surface area contributed by atoms with Gasteiger partial charge in [0.05, 0.1) is 10.7 Å². The van der Waals surface area contributed by atoms with E-state index in [0.717, 1.165) is 17.3 Å². The Morgan fingerprint density at radius 3 is 2.62 bits per heavy atom. The molecule has 1 aliphatic heterocycles. The first-order valence-electron chi connectivity index (χ1n) is 7.97. The molecular weight excluding hydrogens is 282 g/mol. The zero-order chi connectivity index (χ0) is 15.4. The average Bonchev–Trinajstić information content (AvgIpc) is 2.47. The summed E-state index contributed by atoms with van der Waals surface area (Å²) in [7, 11) is 4.37. The van der Waals surface area contributed by atoms with Crippen molar-refractivity contribution in [1.82, 2.24) is 10.2 Å². The zero-order valence-electron chi connectivity index (χ0n) is 13.7. The average molecular weight is 310 g/mol. The third-order valence-electron chi connectivity index (χ3n) is 4.60. The quantitative estimate of drug-likeness (QED) is 0.897. The van der Waals surface area contributed by atoms with Crippen LogP contribution in [0.1, 0.15) is 38.3 Å². The van der Waals surface area contributed by atoms with Gasteiger partial charge in [0.1, 0.15) is 0 Å². The van der Waals surface area contributed by atoms with Crippen LogP contribution in [0.5, 0.6) is 0 Å². The fourth-order valence-corrected chi connectivity index (χ4v) is 3.40. The van der Waals surface area contributed by atoms with E-state index in [0.29, 0.717) is 12.1 Å². The standard InChI is InChI=1S/C17H28ClN3/c1-5-19-13(2)14-6-7-17(16(18)12-14)21(4)15-8-10-20(3)11-9-15/h6-7,12-13,15,19H,5,8-11H2,1-4H3. The number of likely N-dealkylation sites (tertiary alicyclic amines) is 1. The SMILES string of the molecule is CCNC(C)c1ccc(N(C)C2CCN(C)CC2)c(Cl)c1. The van der Waals surface area contributed by atoms with Gasteiger partial charge in [0, 0.05) is 19.1 Å². The summed E-state index contributed by atoms with van der Waals surface area (Å²) < 4.78 is 0. The number of hydrogen-bond donors (Lipinski definition) is 1. The Hall–Kier alpha value is -0.770. The molecule has 0 spiro atoms. The molecule has 4 heteroatoms. The summed E-state index contributed by atoms with van der Waals surface area (Å²) in [4.78, 5) is 4.75. The van der Waals surface area contributed by atoms with E-state index in [4.69, 9.17) is 11.6 Å². The Balaban J connectivity index is 2.09. The molecule has 0 saturated carbocycles. The summed E-state index contributed by atoms with van der Waals surface area (Å²) in [5.74, 6) is 0. The van der Waals surface area contributed by atoms with E-state index >= 15 is 0 Å². The van der Waals surface area contributed by atoms with E-state index in [-0.39, 0.29) is 0 Å². The van der Waals surface area contributed by atoms with Crippen molar-refractivity contribution >= 4 is 17.3 Å². The minimum atomic E-state index is 0.343. The lowest BCUT2D eigenvalue weighted by Crippen LogP contribution is -2.42. The summed E-state index contributed by atoms with van der Waals surface area (Å²) in [5, 5.41) is 4.29. The molecule has 1 saturated heterocycles. The fraction of sp³-hybridized carbons (Fsp3) is 0.647. The van der Waals surface area contributed by atoms with Crippen LogP contribution in [0, 0.1) is 0 Å². The summed E-state index contributed by atoms with van der Waals surface area (Å²) in [6, 6.07) is 7.41. The zero-order valence-corrected chi connectivity index (χ0v) is 14.5. The molecule has 118 valence electrons. The monoisotopic (exact) mass is 309 g/mol. The van der Waals surface area contributed by atoms with Crippen LogP contribution in [0.4, 0.5) is 5.69 Å². The molecule has 2 rings (SSSR count). The molecule has 3 nitrogen and oxygen atoms in total. The van der Waals surface area contributed by atoms with Crippen molar-refractivity contribution in [3.8, 4) is 0 Å². The second-order valence-electron chi connectivity index (χ2n) is 6.14. The molecule has 1 aromatic carbocycles. The lowest BCUT2D eigenvalue weighted by atomic mass is 10.0. The number of halogens is 1. The van der Waals surface area contributed by atoms with E-state index in [1.807, 2.05) is 0 Å². The fourth-order valence-electron chi connectivity index (χ4n) is 3.08. The third-order valence-corrected chi connectivity index (χ3v) is 4.90. The molecule has 1 aromatic rings. The van der Waals surface area contributed by atoms with Crippen LogP contribution in [0.25, 0.3) is 0 Å². The Kier molecular flexibility index (Phi) is 5.91. The normalized spacial score (nSPS) is 18.7. The highest BCUT2D eigenvalue weighted by molar-refractivity contribution is 6.33. The van der Waals surface area contributed by atoms with Crippen LogP contribution in [0.3, 0.4) is 0 Å². The van der Waals surface area contributed by atoms with E-state index in [1.165, 1.54) is 31.5 Å². The number of hydrogen-bond acceptors (Lipinski definition) is 3. The predicted molar refractivity (Wildman–Crippen MR) is 92.5 cm³/mol. The maximum Gasteiger partial charge on any atom is 0.0642 e. The summed E-state index contributed by atoms with van der Waals surface area (Å²) in [6.45, 7) is 7.61. The maximum absolute atomic E-state index is 6.54. The Labute approximate surface area is 134 Å². The first-order chi connectivity index (χ1) is 10.0. The van der Waals surface area contributed by atoms with Crippen molar-refractivity contribution in [1.29, 1.82) is 0 Å². The first kappa shape index (κ1) is 16.6. The van der Waals surface area contributed by atoms with Gasteiger partial charge >= 0.3 is 0 Å². The van der Waals surface area contributed by atoms with Crippen LogP contribution in [0.2, 0.25) is 5.02 Å². The van der Waals surface area contributed by atoms with Gasteiger partial charge in [-0.2, -0.15) is 0 Å². The molecule has 1 atom stereocenters. The van der Waals surface area contributed by atoms with Crippen LogP contribution < -0.4 is 10.2 Å². The van der Waals surface area contributed by atoms with E-state index in [9.17, 15) is 0 Å². The number of nitrogens with one attached hydrogen (secondary N) is 1. The van der Waals surface area contributed by atoms with Crippen LogP contribution >= 0.6 is 11.6 Å². The minimum Gasteiger partial charge on any atom is -0.370 e. The van der Waals surface area contributed by atoms with Crippen LogP contribution in [-0.4, -0.2) is 44.7 Å². The van der Waals surface area contributed by atoms with Gasteiger partial charge in [-0.25, -0.2) is 0 Å². The van der Waals surface area contributed by atoms with Gasteiger partial charge in [-0.1, -0.05) is 24.6 Å². The molecule has 1 unspecified atom stereocenters. The smallest absolute Gasteiger partial charge is 0.0642 e. The summed E-state index contributed by atoms with van der Waals surface area (Å²) in [6.07, 6.45) is 2.41. The molecule has 0 aliphatic carbocycles. The maximum atomic E-state index is 6.54. The number of benzene rings is 1. The highest BCUT2D eigenvalue weighted by Gasteiger charge is 2.22. The third kappa shape index (κ3) is 4.12. The lowest BCUT2D eigenvalue weighted by Gasteiger charge is -2.37. The van der Waals surface area contributed by atoms with E-state index < -0.39 is 0 Å². The molecule has 0 aromatic heterocycles. The molecule has 0 radical (unpaired) electrons. The van der Waals surface area contributed by atoms with E-state index in [2.05, 4.69) is 61.3 Å². The van der Waals surface area contributed by atoms with E-state index in [1.54, 1.807) is 0 Å². The van der Waals surface area contributed by atoms with Crippen molar-refractivity contribution in [3.05, 3.63) is 28.8 Å². The predicted octanol–water partition coefficient (Wildman–Crippen LogP) is 3.54. The number of nitrogens with zero attached hydrogens (tertiary/aromatic N) is 2. The Morgan fingerprint density at radius 1 is 1.38 bits per heavy atom. The second-order valence-corrected chi connectivity index (χ2v) is 6.54. The van der Waals surface area contributed by atoms with Crippen molar-refractivity contribution in [3.63, 3.8) is 0 Å². The molecule has 1 aliphatic rings. The van der Waals surface area contributed by atoms with Crippen LogP contribution in [0.15, 0.2) is 18.2 Å². The molecular formula is C17H28ClN3. The Bertz CT molecular complexity index is 455. The van der Waals surface area contributed by atoms with Crippen molar-refractivity contribution in [2.45, 2.75) is 38.8 Å². The van der Waals surface area contributed by atoms with Crippen molar-refractivity contribution in [2.75, 3.05) is 38.6 Å². The highest BCUT2D eigenvalue weighted by Crippen LogP contribution is 2.31. The van der Waals surface area contributed by atoms with Gasteiger partial charge in [0.25, 0.3) is 0 Å². The van der Waals surface area contributed by atoms with Crippen molar-refractivity contribution in [2.24, 2.45) is 0 Å². The van der Waals surface area contributed by atoms with Gasteiger partial charge < -0.3 is 15.1 Å². The van der Waals surface area contributed by atoms with Gasteiger partial charge in [-0.3, -0.25) is 0 Å². The summed E-state index contributed by atoms with van der Waals surface area (Å²) in [5.41, 5.74) is 2.40. The van der Waals surface area contributed by atoms with Gasteiger partial charge in [-0.05, 0) is 64.1 Å². The van der Waals surface area contributed by atoms with Crippen LogP contribution in [-0.2, 0) is 0 Å². The highest BCUT2D eigenvalue weighted by atomic mass is 35.5. The van der Waals surface area contributed by atoms with Gasteiger partial charge in [-0.15, -0.1) is 0 Å². The largest absolute Gasteiger partial charge is 0.370 e. The number of anilines is 1. The van der Waals surface area contributed by atoms with Crippen molar-refractivity contribution < 1.29 is 0 Å².